The molecule has 0 radical (unpaired) electrons. The Hall–Kier alpha value is -6.54. The summed E-state index contributed by atoms with van der Waals surface area (Å²) in [7, 11) is 3.81. The van der Waals surface area contributed by atoms with Crippen molar-refractivity contribution in [2.75, 3.05) is 33.4 Å². The van der Waals surface area contributed by atoms with Gasteiger partial charge in [0.1, 0.15) is 22.6 Å². The number of hydrogen-bond acceptors (Lipinski definition) is 8. The Kier molecular flexibility index (Phi) is 8.50. The van der Waals surface area contributed by atoms with Crippen LogP contribution in [-0.4, -0.2) is 105 Å². The molecule has 9 aliphatic rings. The fourth-order valence-corrected chi connectivity index (χ4v) is 16.1. The van der Waals surface area contributed by atoms with E-state index in [-0.39, 0.29) is 29.3 Å². The van der Waals surface area contributed by atoms with Crippen molar-refractivity contribution in [2.24, 2.45) is 48.5 Å². The number of likely N-dealkylation sites (tertiary alicyclic amines) is 2. The Morgan fingerprint density at radius 2 is 1.44 bits per heavy atom. The number of nitrogens with zero attached hydrogens (tertiary/aromatic N) is 10. The Balaban J connectivity index is 0.691. The minimum absolute atomic E-state index is 0.0260. The molecule has 9 fully saturated rings. The predicted octanol–water partition coefficient (Wildman–Crippen LogP) is 9.42. The minimum Gasteiger partial charge on any atom is -0.494 e. The number of aromatic nitrogens is 8. The summed E-state index contributed by atoms with van der Waals surface area (Å²) in [5.41, 5.74) is 10.3. The van der Waals surface area contributed by atoms with E-state index in [0.717, 1.165) is 131 Å². The van der Waals surface area contributed by atoms with Crippen molar-refractivity contribution < 1.29 is 19.1 Å². The van der Waals surface area contributed by atoms with Gasteiger partial charge in [0.2, 0.25) is 0 Å². The Morgan fingerprint density at radius 3 is 2.22 bits per heavy atom. The molecule has 14 heteroatoms. The lowest BCUT2D eigenvalue weighted by atomic mass is 9.41. The zero-order chi connectivity index (χ0) is 48.2. The highest BCUT2D eigenvalue weighted by molar-refractivity contribution is 6.01. The molecular formula is C59H60N10O4. The van der Waals surface area contributed by atoms with E-state index in [2.05, 4.69) is 71.5 Å². The number of methoxy groups -OCH3 is 1. The SMILES string of the molecule is COc1cc(C(=O)N2C[C@H]3CC4C[C@@H]2[C@H]43)cc2nc(-c3cc4ccc(C56C[C@@H]7CN(C(=O)c8ccc9c(c8)nc(-c8cc%10cccnc%10n8CC8CC8)n9C)[C@H](C5)[C@@H]76)nc4n3CC3CC3)n(C3CCOCC3)c12. The highest BCUT2D eigenvalue weighted by atomic mass is 16.5. The zero-order valence-corrected chi connectivity index (χ0v) is 41.6. The van der Waals surface area contributed by atoms with Gasteiger partial charge in [0, 0.05) is 104 Å². The first-order valence-corrected chi connectivity index (χ1v) is 27.5. The lowest BCUT2D eigenvalue weighted by Gasteiger charge is -2.63. The van der Waals surface area contributed by atoms with Crippen LogP contribution in [0.4, 0.5) is 0 Å². The molecule has 370 valence electrons. The normalized spacial score (nSPS) is 28.9. The Bertz CT molecular complexity index is 3700. The molecule has 2 amide bonds. The van der Waals surface area contributed by atoms with Crippen molar-refractivity contribution >= 4 is 55.9 Å². The van der Waals surface area contributed by atoms with Crippen LogP contribution in [0.2, 0.25) is 0 Å². The molecule has 0 bridgehead atoms. The van der Waals surface area contributed by atoms with E-state index >= 15 is 0 Å². The minimum atomic E-state index is -0.0260. The number of pyridine rings is 2. The van der Waals surface area contributed by atoms with Crippen molar-refractivity contribution in [3.63, 3.8) is 0 Å². The number of ether oxygens (including phenoxy) is 2. The standard InChI is InChI=1S/C59H60N10O4/c1-64-43-11-9-35(19-41(43)61-55(64)45-21-33-4-3-15-60-53(33)65(45)27-31-5-6-31)57(70)68-30-39-25-59(26-47(68)51(39)59)49-12-10-34-22-46(66(54(34)63-49)28-32-7-8-32)56-62-42-20-37(58(71)67-29-38-18-36-23-44(67)50(36)38)24-48(72-2)52(42)69(56)40-13-16-73-17-14-40/h3-4,9-12,15,19-22,24,31-32,36,38-40,44,47,50-51H,5-8,13-14,16-18,23,25-30H2,1-2H3/t36?,38-,39-,44-,47-,50-,51-,59?/m1/s1. The molecule has 8 aromatic rings. The van der Waals surface area contributed by atoms with E-state index in [1.807, 2.05) is 36.5 Å². The Morgan fingerprint density at radius 1 is 0.712 bits per heavy atom. The number of carbonyl (C=O) groups is 2. The third-order valence-electron chi connectivity index (χ3n) is 20.2. The van der Waals surface area contributed by atoms with Gasteiger partial charge in [-0.05, 0) is 172 Å². The van der Waals surface area contributed by atoms with Crippen LogP contribution in [0.25, 0.3) is 67.2 Å². The predicted molar refractivity (Wildman–Crippen MR) is 276 cm³/mol. The smallest absolute Gasteiger partial charge is 0.254 e. The van der Waals surface area contributed by atoms with Crippen molar-refractivity contribution in [2.45, 2.75) is 101 Å². The lowest BCUT2D eigenvalue weighted by Crippen LogP contribution is -2.65. The first-order valence-electron chi connectivity index (χ1n) is 27.5. The number of aryl methyl sites for hydroxylation is 1. The highest BCUT2D eigenvalue weighted by Crippen LogP contribution is 2.69. The number of amides is 2. The molecule has 2 unspecified atom stereocenters. The third-order valence-corrected chi connectivity index (χ3v) is 20.2. The molecule has 0 N–H and O–H groups in total. The maximum absolute atomic E-state index is 14.6. The summed E-state index contributed by atoms with van der Waals surface area (Å²) in [5.74, 6) is 7.11. The van der Waals surface area contributed by atoms with Gasteiger partial charge in [-0.15, -0.1) is 0 Å². The van der Waals surface area contributed by atoms with E-state index in [1.54, 1.807) is 7.11 Å². The lowest BCUT2D eigenvalue weighted by molar-refractivity contribution is -0.0616. The summed E-state index contributed by atoms with van der Waals surface area (Å²) in [6.07, 6.45) is 13.0. The van der Waals surface area contributed by atoms with Crippen molar-refractivity contribution in [1.82, 2.24) is 48.0 Å². The summed E-state index contributed by atoms with van der Waals surface area (Å²) in [6.45, 7) is 4.89. The number of imidazole rings is 2. The van der Waals surface area contributed by atoms with Gasteiger partial charge < -0.3 is 37.5 Å². The van der Waals surface area contributed by atoms with Gasteiger partial charge in [-0.3, -0.25) is 9.59 Å². The molecule has 73 heavy (non-hydrogen) atoms. The van der Waals surface area contributed by atoms with Gasteiger partial charge in [-0.25, -0.2) is 19.9 Å². The molecule has 6 aromatic heterocycles. The van der Waals surface area contributed by atoms with Crippen LogP contribution >= 0.6 is 0 Å². The fourth-order valence-electron chi connectivity index (χ4n) is 16.1. The average molecular weight is 973 g/mol. The molecule has 17 rings (SSSR count). The average Bonchev–Trinajstić information content (AvgIpc) is 4.26. The van der Waals surface area contributed by atoms with E-state index in [9.17, 15) is 9.59 Å². The summed E-state index contributed by atoms with van der Waals surface area (Å²) >= 11 is 0. The van der Waals surface area contributed by atoms with Gasteiger partial charge in [0.15, 0.2) is 11.6 Å². The van der Waals surface area contributed by atoms with Crippen molar-refractivity contribution in [3.8, 4) is 28.8 Å². The summed E-state index contributed by atoms with van der Waals surface area (Å²) < 4.78 is 21.6. The van der Waals surface area contributed by atoms with E-state index in [1.165, 1.54) is 37.8 Å². The van der Waals surface area contributed by atoms with Gasteiger partial charge in [0.25, 0.3) is 11.8 Å². The molecule has 3 saturated heterocycles. The van der Waals surface area contributed by atoms with Gasteiger partial charge >= 0.3 is 0 Å². The largest absolute Gasteiger partial charge is 0.494 e. The molecule has 3 aliphatic heterocycles. The molecule has 14 nitrogen and oxygen atoms in total. The fraction of sp³-hybridized carbons (Fsp3) is 0.492. The number of rotatable bonds is 11. The number of carbonyl (C=O) groups excluding carboxylic acids is 2. The van der Waals surface area contributed by atoms with Crippen LogP contribution in [-0.2, 0) is 30.3 Å². The van der Waals surface area contributed by atoms with Gasteiger partial charge in [0.05, 0.1) is 35.0 Å². The molecule has 6 saturated carbocycles. The molecule has 9 heterocycles. The first kappa shape index (κ1) is 41.9. The molecule has 2 aromatic carbocycles. The van der Waals surface area contributed by atoms with Crippen LogP contribution in [0.5, 0.6) is 5.75 Å². The number of benzene rings is 2. The second kappa shape index (κ2) is 14.8. The Labute approximate surface area is 422 Å². The first-order chi connectivity index (χ1) is 35.8. The zero-order valence-electron chi connectivity index (χ0n) is 41.6. The summed E-state index contributed by atoms with van der Waals surface area (Å²) in [4.78, 5) is 54.5. The second-order valence-electron chi connectivity index (χ2n) is 24.1. The van der Waals surface area contributed by atoms with Crippen LogP contribution < -0.4 is 4.74 Å². The van der Waals surface area contributed by atoms with Gasteiger partial charge in [-0.1, -0.05) is 0 Å². The van der Waals surface area contributed by atoms with Crippen LogP contribution in [0, 0.1) is 41.4 Å². The van der Waals surface area contributed by atoms with E-state index in [0.29, 0.717) is 71.6 Å². The maximum Gasteiger partial charge on any atom is 0.254 e. The molecule has 6 aliphatic carbocycles. The monoisotopic (exact) mass is 972 g/mol. The third kappa shape index (κ3) is 5.84. The second-order valence-corrected chi connectivity index (χ2v) is 24.1. The van der Waals surface area contributed by atoms with Gasteiger partial charge in [-0.2, -0.15) is 0 Å². The molecule has 0 spiro atoms. The van der Waals surface area contributed by atoms with Crippen LogP contribution in [0.1, 0.15) is 96.7 Å². The van der Waals surface area contributed by atoms with Crippen molar-refractivity contribution in [1.29, 1.82) is 0 Å². The quantitative estimate of drug-likeness (QED) is 0.125. The molecule has 8 atom stereocenters. The van der Waals surface area contributed by atoms with E-state index < -0.39 is 0 Å². The topological polar surface area (TPSA) is 130 Å². The highest BCUT2D eigenvalue weighted by Gasteiger charge is 2.72. The summed E-state index contributed by atoms with van der Waals surface area (Å²) in [6, 6.07) is 24.1. The van der Waals surface area contributed by atoms with Crippen LogP contribution in [0.3, 0.4) is 0 Å². The number of fused-ring (bicyclic) bond motifs is 4. The molecular weight excluding hydrogens is 913 g/mol. The summed E-state index contributed by atoms with van der Waals surface area (Å²) in [5, 5.41) is 2.25. The number of hydrogen-bond donors (Lipinski definition) is 0. The van der Waals surface area contributed by atoms with Crippen LogP contribution in [0.15, 0.2) is 72.9 Å². The van der Waals surface area contributed by atoms with E-state index in [4.69, 9.17) is 29.4 Å². The maximum atomic E-state index is 14.6. The van der Waals surface area contributed by atoms with Crippen molar-refractivity contribution in [3.05, 3.63) is 89.7 Å².